The second-order valence-electron chi connectivity index (χ2n) is 4.61. The van der Waals surface area contributed by atoms with E-state index < -0.39 is 9.84 Å². The van der Waals surface area contributed by atoms with Crippen molar-refractivity contribution in [3.63, 3.8) is 0 Å². The molecule has 0 heterocycles. The average Bonchev–Trinajstić information content (AvgIpc) is 2.42. The van der Waals surface area contributed by atoms with E-state index in [4.69, 9.17) is 9.47 Å². The molecule has 0 fully saturated rings. The maximum atomic E-state index is 11.6. The van der Waals surface area contributed by atoms with Crippen LogP contribution in [0, 0.1) is 0 Å². The Hall–Kier alpha value is -1.43. The van der Waals surface area contributed by atoms with Crippen LogP contribution in [0.3, 0.4) is 0 Å². The van der Waals surface area contributed by atoms with E-state index in [9.17, 15) is 8.42 Å². The van der Waals surface area contributed by atoms with Crippen LogP contribution < -0.4 is 14.8 Å². The van der Waals surface area contributed by atoms with Crippen molar-refractivity contribution in [2.24, 2.45) is 0 Å². The van der Waals surface area contributed by atoms with Gasteiger partial charge < -0.3 is 14.8 Å². The summed E-state index contributed by atoms with van der Waals surface area (Å²) in [6.45, 7) is 7.21. The molecular formula is C15H25NO4S. The van der Waals surface area contributed by atoms with Gasteiger partial charge in [-0.3, -0.25) is 0 Å². The van der Waals surface area contributed by atoms with Crippen LogP contribution in [0.2, 0.25) is 0 Å². The summed E-state index contributed by atoms with van der Waals surface area (Å²) in [5, 5.41) is 3.11. The first kappa shape index (κ1) is 17.6. The molecule has 21 heavy (non-hydrogen) atoms. The maximum absolute atomic E-state index is 11.6. The van der Waals surface area contributed by atoms with E-state index in [0.717, 1.165) is 5.69 Å². The van der Waals surface area contributed by atoms with Crippen molar-refractivity contribution in [3.8, 4) is 11.5 Å². The molecule has 1 aromatic rings. The van der Waals surface area contributed by atoms with Crippen LogP contribution >= 0.6 is 0 Å². The number of hydrogen-bond acceptors (Lipinski definition) is 5. The highest BCUT2D eigenvalue weighted by molar-refractivity contribution is 7.91. The average molecular weight is 315 g/mol. The fourth-order valence-electron chi connectivity index (χ4n) is 1.93. The Bertz CT molecular complexity index is 528. The van der Waals surface area contributed by atoms with Crippen molar-refractivity contribution >= 4 is 15.5 Å². The molecule has 0 unspecified atom stereocenters. The Labute approximate surface area is 127 Å². The summed E-state index contributed by atoms with van der Waals surface area (Å²) >= 11 is 0. The summed E-state index contributed by atoms with van der Waals surface area (Å²) < 4.78 is 34.3. The molecule has 0 aliphatic rings. The van der Waals surface area contributed by atoms with Crippen molar-refractivity contribution in [1.29, 1.82) is 0 Å². The molecule has 0 saturated heterocycles. The number of rotatable bonds is 10. The van der Waals surface area contributed by atoms with Gasteiger partial charge in [0.15, 0.2) is 21.3 Å². The number of ether oxygens (including phenoxy) is 2. The topological polar surface area (TPSA) is 64.6 Å². The maximum Gasteiger partial charge on any atom is 0.163 e. The fraction of sp³-hybridized carbons (Fsp3) is 0.600. The monoisotopic (exact) mass is 315 g/mol. The highest BCUT2D eigenvalue weighted by Gasteiger charge is 2.10. The van der Waals surface area contributed by atoms with Crippen molar-refractivity contribution in [2.75, 3.05) is 36.6 Å². The van der Waals surface area contributed by atoms with Crippen LogP contribution in [-0.4, -0.2) is 39.7 Å². The summed E-state index contributed by atoms with van der Waals surface area (Å²) in [4.78, 5) is 0. The van der Waals surface area contributed by atoms with Crippen molar-refractivity contribution in [3.05, 3.63) is 18.2 Å². The first-order valence-electron chi connectivity index (χ1n) is 7.36. The molecule has 1 aromatic carbocycles. The SMILES string of the molecule is CCCS(=O)(=O)CCNc1ccc(OCC)c(OCC)c1. The summed E-state index contributed by atoms with van der Waals surface area (Å²) in [5.41, 5.74) is 0.827. The predicted molar refractivity (Wildman–Crippen MR) is 86.2 cm³/mol. The molecule has 0 spiro atoms. The van der Waals surface area contributed by atoms with E-state index in [1.807, 2.05) is 39.0 Å². The molecule has 0 bridgehead atoms. The van der Waals surface area contributed by atoms with Gasteiger partial charge in [-0.1, -0.05) is 6.92 Å². The minimum Gasteiger partial charge on any atom is -0.490 e. The van der Waals surface area contributed by atoms with Gasteiger partial charge in [0.25, 0.3) is 0 Å². The lowest BCUT2D eigenvalue weighted by Gasteiger charge is -2.13. The summed E-state index contributed by atoms with van der Waals surface area (Å²) in [5.74, 6) is 1.74. The van der Waals surface area contributed by atoms with Crippen LogP contribution in [0.4, 0.5) is 5.69 Å². The van der Waals surface area contributed by atoms with E-state index in [1.54, 1.807) is 0 Å². The lowest BCUT2D eigenvalue weighted by atomic mass is 10.2. The van der Waals surface area contributed by atoms with Crippen molar-refractivity contribution < 1.29 is 17.9 Å². The number of anilines is 1. The fourth-order valence-corrected chi connectivity index (χ4v) is 3.16. The van der Waals surface area contributed by atoms with Crippen LogP contribution in [0.1, 0.15) is 27.2 Å². The van der Waals surface area contributed by atoms with Crippen LogP contribution in [0.25, 0.3) is 0 Å². The largest absolute Gasteiger partial charge is 0.490 e. The molecule has 0 atom stereocenters. The molecule has 120 valence electrons. The normalized spacial score (nSPS) is 11.2. The third-order valence-corrected chi connectivity index (χ3v) is 4.66. The summed E-state index contributed by atoms with van der Waals surface area (Å²) in [7, 11) is -2.96. The van der Waals surface area contributed by atoms with Gasteiger partial charge in [0.2, 0.25) is 0 Å². The second-order valence-corrected chi connectivity index (χ2v) is 6.91. The van der Waals surface area contributed by atoms with E-state index in [2.05, 4.69) is 5.32 Å². The minimum absolute atomic E-state index is 0.137. The molecule has 1 N–H and O–H groups in total. The molecule has 0 amide bonds. The number of hydrogen-bond donors (Lipinski definition) is 1. The zero-order valence-corrected chi connectivity index (χ0v) is 13.8. The van der Waals surface area contributed by atoms with Gasteiger partial charge >= 0.3 is 0 Å². The number of nitrogens with one attached hydrogen (secondary N) is 1. The molecular weight excluding hydrogens is 290 g/mol. The van der Waals surface area contributed by atoms with E-state index in [1.165, 1.54) is 0 Å². The van der Waals surface area contributed by atoms with Gasteiger partial charge in [-0.25, -0.2) is 8.42 Å². The van der Waals surface area contributed by atoms with Crippen LogP contribution in [-0.2, 0) is 9.84 Å². The first-order valence-corrected chi connectivity index (χ1v) is 9.18. The third-order valence-electron chi connectivity index (χ3n) is 2.80. The highest BCUT2D eigenvalue weighted by Crippen LogP contribution is 2.30. The number of benzene rings is 1. The van der Waals surface area contributed by atoms with Crippen molar-refractivity contribution in [2.45, 2.75) is 27.2 Å². The van der Waals surface area contributed by atoms with Crippen LogP contribution in [0.5, 0.6) is 11.5 Å². The van der Waals surface area contributed by atoms with Gasteiger partial charge in [0, 0.05) is 24.1 Å². The molecule has 0 aliphatic carbocycles. The van der Waals surface area contributed by atoms with Gasteiger partial charge in [-0.05, 0) is 32.4 Å². The molecule has 0 radical (unpaired) electrons. The summed E-state index contributed by atoms with van der Waals surface area (Å²) in [6, 6.07) is 5.53. The Kier molecular flexibility index (Phi) is 7.36. The van der Waals surface area contributed by atoms with Gasteiger partial charge in [0.05, 0.1) is 19.0 Å². The zero-order chi connectivity index (χ0) is 15.7. The molecule has 1 rings (SSSR count). The lowest BCUT2D eigenvalue weighted by Crippen LogP contribution is -2.18. The summed E-state index contributed by atoms with van der Waals surface area (Å²) in [6.07, 6.45) is 0.653. The second kappa shape index (κ2) is 8.77. The van der Waals surface area contributed by atoms with Gasteiger partial charge in [-0.15, -0.1) is 0 Å². The molecule has 5 nitrogen and oxygen atoms in total. The Morgan fingerprint density at radius 1 is 1.00 bits per heavy atom. The quantitative estimate of drug-likeness (QED) is 0.719. The first-order chi connectivity index (χ1) is 10.0. The van der Waals surface area contributed by atoms with Gasteiger partial charge in [-0.2, -0.15) is 0 Å². The lowest BCUT2D eigenvalue weighted by molar-refractivity contribution is 0.288. The predicted octanol–water partition coefficient (Wildman–Crippen LogP) is 2.72. The zero-order valence-electron chi connectivity index (χ0n) is 13.0. The molecule has 0 aromatic heterocycles. The molecule has 0 saturated carbocycles. The van der Waals surface area contributed by atoms with Crippen molar-refractivity contribution in [1.82, 2.24) is 0 Å². The highest BCUT2D eigenvalue weighted by atomic mass is 32.2. The molecule has 6 heteroatoms. The Balaban J connectivity index is 2.65. The van der Waals surface area contributed by atoms with Gasteiger partial charge in [0.1, 0.15) is 0 Å². The Morgan fingerprint density at radius 2 is 1.67 bits per heavy atom. The minimum atomic E-state index is -2.96. The molecule has 0 aliphatic heterocycles. The van der Waals surface area contributed by atoms with E-state index in [-0.39, 0.29) is 11.5 Å². The van der Waals surface area contributed by atoms with E-state index in [0.29, 0.717) is 37.7 Å². The standard InChI is InChI=1S/C15H25NO4S/c1-4-10-21(17,18)11-9-16-13-7-8-14(19-5-2)15(12-13)20-6-3/h7-8,12,16H,4-6,9-11H2,1-3H3. The smallest absolute Gasteiger partial charge is 0.163 e. The number of sulfone groups is 1. The third kappa shape index (κ3) is 6.25. The van der Waals surface area contributed by atoms with Crippen LogP contribution in [0.15, 0.2) is 18.2 Å². The Morgan fingerprint density at radius 3 is 2.29 bits per heavy atom. The van der Waals surface area contributed by atoms with E-state index >= 15 is 0 Å².